The molecule has 1 aliphatic rings. The Bertz CT molecular complexity index is 1810. The third-order valence-corrected chi connectivity index (χ3v) is 10.2. The van der Waals surface area contributed by atoms with Crippen LogP contribution in [0.2, 0.25) is 0 Å². The number of carbonyl (C=O) groups excluding carboxylic acids is 2. The van der Waals surface area contributed by atoms with Gasteiger partial charge >= 0.3 is 5.97 Å². The Morgan fingerprint density at radius 2 is 1.55 bits per heavy atom. The minimum atomic E-state index is -0.969. The molecule has 3 aromatic carbocycles. The van der Waals surface area contributed by atoms with Crippen LogP contribution < -0.4 is 15.4 Å². The molecule has 10 nitrogen and oxygen atoms in total. The summed E-state index contributed by atoms with van der Waals surface area (Å²) in [5.41, 5.74) is 4.96. The Hall–Kier alpha value is -5.09. The number of carbonyl (C=O) groups is 3. The predicted molar refractivity (Wildman–Crippen MR) is 215 cm³/mol. The summed E-state index contributed by atoms with van der Waals surface area (Å²) in [6.07, 6.45) is 11.0. The summed E-state index contributed by atoms with van der Waals surface area (Å²) in [5.74, 6) is -1.00. The van der Waals surface area contributed by atoms with E-state index in [4.69, 9.17) is 9.47 Å². The maximum atomic E-state index is 13.6. The van der Waals surface area contributed by atoms with E-state index in [1.54, 1.807) is 24.5 Å². The molecule has 292 valence electrons. The molecule has 55 heavy (non-hydrogen) atoms. The summed E-state index contributed by atoms with van der Waals surface area (Å²) >= 11 is 0. The smallest absolute Gasteiger partial charge is 0.308 e. The second-order valence-corrected chi connectivity index (χ2v) is 15.6. The Morgan fingerprint density at radius 1 is 0.873 bits per heavy atom. The Labute approximate surface area is 325 Å². The number of aromatic nitrogens is 2. The van der Waals surface area contributed by atoms with Crippen LogP contribution in [0.5, 0.6) is 5.75 Å². The maximum absolute atomic E-state index is 13.6. The van der Waals surface area contributed by atoms with Crippen molar-refractivity contribution in [2.75, 3.05) is 26.4 Å². The second kappa shape index (κ2) is 20.0. The highest BCUT2D eigenvalue weighted by Gasteiger charge is 2.28. The summed E-state index contributed by atoms with van der Waals surface area (Å²) < 4.78 is 11.3. The van der Waals surface area contributed by atoms with Gasteiger partial charge in [0.1, 0.15) is 11.8 Å². The average Bonchev–Trinajstić information content (AvgIpc) is 3.71. The van der Waals surface area contributed by atoms with Gasteiger partial charge in [-0.3, -0.25) is 14.4 Å². The number of hydrogen-bond donors (Lipinski definition) is 3. The molecule has 3 unspecified atom stereocenters. The van der Waals surface area contributed by atoms with E-state index in [-0.39, 0.29) is 30.2 Å². The number of rotatable bonds is 19. The quantitative estimate of drug-likeness (QED) is 0.0819. The first-order chi connectivity index (χ1) is 26.5. The SMILES string of the molecule is CCCCCCCOc1ccc(-c2cnc(-c3ccc(CC(NC(=O)c4ccc(C(C)(C)C)cc4)C(=O)NCC(CC4CCOC4)C(=O)O)cc3)nc2)cc1. The van der Waals surface area contributed by atoms with Gasteiger partial charge in [-0.25, -0.2) is 9.97 Å². The monoisotopic (exact) mass is 748 g/mol. The van der Waals surface area contributed by atoms with Crippen LogP contribution in [0.25, 0.3) is 22.5 Å². The molecule has 0 spiro atoms. The number of carboxylic acids is 1. The van der Waals surface area contributed by atoms with Crippen molar-refractivity contribution in [3.8, 4) is 28.3 Å². The fourth-order valence-corrected chi connectivity index (χ4v) is 6.65. The highest BCUT2D eigenvalue weighted by atomic mass is 16.5. The van der Waals surface area contributed by atoms with Crippen LogP contribution >= 0.6 is 0 Å². The van der Waals surface area contributed by atoms with Crippen LogP contribution in [0.3, 0.4) is 0 Å². The Balaban J connectivity index is 1.23. The number of amides is 2. The highest BCUT2D eigenvalue weighted by molar-refractivity contribution is 5.97. The molecule has 1 fully saturated rings. The normalized spacial score (nSPS) is 15.2. The van der Waals surface area contributed by atoms with Crippen LogP contribution in [0.4, 0.5) is 0 Å². The van der Waals surface area contributed by atoms with Gasteiger partial charge in [0.25, 0.3) is 5.91 Å². The molecule has 0 radical (unpaired) electrons. The standard InChI is InChI=1S/C45H56N4O6/c1-5-6-7-8-9-23-55-39-20-16-33(17-21-39)37-28-46-41(47-29-37)34-12-10-31(11-13-34)26-40(49-42(50)35-14-18-38(19-15-35)45(2,3)4)43(51)48-27-36(44(52)53)25-32-22-24-54-30-32/h10-21,28-29,32,36,40H,5-9,22-27,30H2,1-4H3,(H,48,51)(H,49,50)(H,52,53). The van der Waals surface area contributed by atoms with E-state index in [1.165, 1.54) is 25.7 Å². The summed E-state index contributed by atoms with van der Waals surface area (Å²) in [6.45, 7) is 10.3. The van der Waals surface area contributed by atoms with Crippen molar-refractivity contribution in [1.29, 1.82) is 0 Å². The van der Waals surface area contributed by atoms with Gasteiger partial charge < -0.3 is 25.2 Å². The molecule has 5 rings (SSSR count). The lowest BCUT2D eigenvalue weighted by Gasteiger charge is -2.22. The van der Waals surface area contributed by atoms with Crippen LogP contribution in [-0.2, 0) is 26.2 Å². The van der Waals surface area contributed by atoms with Crippen LogP contribution in [0.1, 0.15) is 94.1 Å². The zero-order chi connectivity index (χ0) is 39.2. The van der Waals surface area contributed by atoms with Crippen LogP contribution in [0, 0.1) is 11.8 Å². The lowest BCUT2D eigenvalue weighted by atomic mass is 9.86. The van der Waals surface area contributed by atoms with Gasteiger partial charge in [-0.2, -0.15) is 0 Å². The summed E-state index contributed by atoms with van der Waals surface area (Å²) in [5, 5.41) is 15.6. The fourth-order valence-electron chi connectivity index (χ4n) is 6.65. The van der Waals surface area contributed by atoms with E-state index in [2.05, 4.69) is 48.3 Å². The summed E-state index contributed by atoms with van der Waals surface area (Å²) in [6, 6.07) is 22.0. The minimum absolute atomic E-state index is 0.0410. The number of aliphatic carboxylic acids is 1. The number of nitrogens with zero attached hydrogens (tertiary/aromatic N) is 2. The van der Waals surface area contributed by atoms with E-state index < -0.39 is 23.8 Å². The first kappa shape index (κ1) is 41.1. The molecule has 0 bridgehead atoms. The largest absolute Gasteiger partial charge is 0.494 e. The van der Waals surface area contributed by atoms with Gasteiger partial charge in [0.15, 0.2) is 5.82 Å². The molecule has 2 amide bonds. The van der Waals surface area contributed by atoms with E-state index in [9.17, 15) is 19.5 Å². The van der Waals surface area contributed by atoms with E-state index >= 15 is 0 Å². The lowest BCUT2D eigenvalue weighted by molar-refractivity contribution is -0.142. The minimum Gasteiger partial charge on any atom is -0.494 e. The zero-order valence-corrected chi connectivity index (χ0v) is 32.7. The molecule has 1 saturated heterocycles. The van der Waals surface area contributed by atoms with Crippen molar-refractivity contribution in [1.82, 2.24) is 20.6 Å². The predicted octanol–water partition coefficient (Wildman–Crippen LogP) is 8.04. The zero-order valence-electron chi connectivity index (χ0n) is 32.7. The first-order valence-corrected chi connectivity index (χ1v) is 19.6. The van der Waals surface area contributed by atoms with Gasteiger partial charge in [0.05, 0.1) is 12.5 Å². The van der Waals surface area contributed by atoms with Crippen LogP contribution in [-0.4, -0.2) is 65.3 Å². The molecule has 2 heterocycles. The number of hydrogen-bond acceptors (Lipinski definition) is 7. The number of unbranched alkanes of at least 4 members (excludes halogenated alkanes) is 4. The van der Waals surface area contributed by atoms with Gasteiger partial charge in [0.2, 0.25) is 5.91 Å². The first-order valence-electron chi connectivity index (χ1n) is 19.6. The van der Waals surface area contributed by atoms with Crippen molar-refractivity contribution < 1.29 is 29.0 Å². The van der Waals surface area contributed by atoms with Gasteiger partial charge in [-0.15, -0.1) is 0 Å². The molecule has 1 aliphatic heterocycles. The topological polar surface area (TPSA) is 140 Å². The summed E-state index contributed by atoms with van der Waals surface area (Å²) in [4.78, 5) is 48.4. The third-order valence-electron chi connectivity index (χ3n) is 10.2. The molecule has 3 atom stereocenters. The number of nitrogens with one attached hydrogen (secondary N) is 2. The number of benzene rings is 3. The molecule has 4 aromatic rings. The second-order valence-electron chi connectivity index (χ2n) is 15.6. The molecule has 3 N–H and O–H groups in total. The molecule has 1 aromatic heterocycles. The molecule has 0 saturated carbocycles. The van der Waals surface area contributed by atoms with Crippen LogP contribution in [0.15, 0.2) is 85.2 Å². The fraction of sp³-hybridized carbons (Fsp3) is 0.444. The van der Waals surface area contributed by atoms with E-state index in [0.29, 0.717) is 31.0 Å². The average molecular weight is 749 g/mol. The van der Waals surface area contributed by atoms with E-state index in [0.717, 1.165) is 53.0 Å². The van der Waals surface area contributed by atoms with Gasteiger partial charge in [0, 0.05) is 55.3 Å². The summed E-state index contributed by atoms with van der Waals surface area (Å²) in [7, 11) is 0. The van der Waals surface area contributed by atoms with Crippen molar-refractivity contribution in [2.24, 2.45) is 11.8 Å². The molecule has 10 heteroatoms. The number of ether oxygens (including phenoxy) is 2. The molecular formula is C45H56N4O6. The van der Waals surface area contributed by atoms with Crippen molar-refractivity contribution in [2.45, 2.75) is 90.5 Å². The van der Waals surface area contributed by atoms with Gasteiger partial charge in [-0.05, 0) is 71.6 Å². The number of carboxylic acid groups (broad SMARTS) is 1. The third kappa shape index (κ3) is 12.5. The molecule has 0 aliphatic carbocycles. The van der Waals surface area contributed by atoms with E-state index in [1.807, 2.05) is 60.7 Å². The molecular weight excluding hydrogens is 693 g/mol. The van der Waals surface area contributed by atoms with Crippen molar-refractivity contribution >= 4 is 17.8 Å². The van der Waals surface area contributed by atoms with Gasteiger partial charge in [-0.1, -0.05) is 102 Å². The maximum Gasteiger partial charge on any atom is 0.308 e. The Kier molecular flexibility index (Phi) is 14.9. The lowest BCUT2D eigenvalue weighted by Crippen LogP contribution is -2.49. The van der Waals surface area contributed by atoms with Crippen molar-refractivity contribution in [3.05, 3.63) is 102 Å². The highest BCUT2D eigenvalue weighted by Crippen LogP contribution is 2.25. The Morgan fingerprint density at radius 3 is 2.16 bits per heavy atom. The van der Waals surface area contributed by atoms with Crippen molar-refractivity contribution in [3.63, 3.8) is 0 Å².